The van der Waals surface area contributed by atoms with Crippen molar-refractivity contribution < 1.29 is 8.78 Å². The van der Waals surface area contributed by atoms with Crippen molar-refractivity contribution in [3.8, 4) is 0 Å². The van der Waals surface area contributed by atoms with E-state index in [2.05, 4.69) is 11.6 Å². The van der Waals surface area contributed by atoms with E-state index in [1.165, 1.54) is 6.07 Å². The van der Waals surface area contributed by atoms with E-state index in [0.717, 1.165) is 19.3 Å². The highest BCUT2D eigenvalue weighted by atomic mass is 32.2. The van der Waals surface area contributed by atoms with Gasteiger partial charge in [0, 0.05) is 28.2 Å². The summed E-state index contributed by atoms with van der Waals surface area (Å²) >= 11 is 1.80. The third kappa shape index (κ3) is 2.88. The molecular formula is C13H18F2N2S. The highest BCUT2D eigenvalue weighted by Gasteiger charge is 2.27. The first-order chi connectivity index (χ1) is 8.61. The van der Waals surface area contributed by atoms with Gasteiger partial charge in [-0.3, -0.25) is 0 Å². The normalized spacial score (nSPS) is 23.6. The summed E-state index contributed by atoms with van der Waals surface area (Å²) in [5.74, 6) is 0. The summed E-state index contributed by atoms with van der Waals surface area (Å²) in [6.07, 6.45) is 2.92. The number of halogens is 2. The summed E-state index contributed by atoms with van der Waals surface area (Å²) in [6.45, 7) is 0. The maximum Gasteiger partial charge on any atom is 0.265 e. The third-order valence-corrected chi connectivity index (χ3v) is 4.58. The lowest BCUT2D eigenvalue weighted by Crippen LogP contribution is -2.26. The molecule has 1 aliphatic rings. The van der Waals surface area contributed by atoms with Gasteiger partial charge in [-0.2, -0.15) is 11.8 Å². The molecule has 0 heterocycles. The van der Waals surface area contributed by atoms with Crippen molar-refractivity contribution >= 4 is 23.1 Å². The molecule has 1 aromatic carbocycles. The summed E-state index contributed by atoms with van der Waals surface area (Å²) < 4.78 is 25.9. The molecule has 1 aromatic rings. The number of alkyl halides is 2. The predicted octanol–water partition coefficient (Wildman–Crippen LogP) is 3.90. The zero-order chi connectivity index (χ0) is 13.1. The largest absolute Gasteiger partial charge is 0.399 e. The molecule has 5 heteroatoms. The number of hydrogen-bond donors (Lipinski definition) is 2. The van der Waals surface area contributed by atoms with Gasteiger partial charge in [-0.05, 0) is 37.3 Å². The van der Waals surface area contributed by atoms with E-state index in [-0.39, 0.29) is 11.6 Å². The Kier molecular flexibility index (Phi) is 4.32. The Morgan fingerprint density at radius 1 is 1.39 bits per heavy atom. The first-order valence-corrected chi connectivity index (χ1v) is 7.37. The van der Waals surface area contributed by atoms with Gasteiger partial charge in [0.05, 0.1) is 0 Å². The fourth-order valence-corrected chi connectivity index (χ4v) is 3.40. The first kappa shape index (κ1) is 13.5. The molecule has 100 valence electrons. The van der Waals surface area contributed by atoms with Crippen molar-refractivity contribution in [2.24, 2.45) is 0 Å². The Morgan fingerprint density at radius 2 is 2.17 bits per heavy atom. The highest BCUT2D eigenvalue weighted by molar-refractivity contribution is 7.99. The summed E-state index contributed by atoms with van der Waals surface area (Å²) in [4.78, 5) is 0. The number of nitrogens with one attached hydrogen (secondary N) is 1. The Labute approximate surface area is 110 Å². The molecule has 0 aliphatic heterocycles. The molecule has 2 nitrogen and oxygen atoms in total. The van der Waals surface area contributed by atoms with Gasteiger partial charge >= 0.3 is 0 Å². The molecule has 3 N–H and O–H groups in total. The molecule has 0 spiro atoms. The quantitative estimate of drug-likeness (QED) is 0.816. The second kappa shape index (κ2) is 5.78. The molecular weight excluding hydrogens is 254 g/mol. The predicted molar refractivity (Wildman–Crippen MR) is 74.4 cm³/mol. The second-order valence-corrected chi connectivity index (χ2v) is 5.68. The fraction of sp³-hybridized carbons (Fsp3) is 0.538. The van der Waals surface area contributed by atoms with Crippen LogP contribution in [0, 0.1) is 0 Å². The van der Waals surface area contributed by atoms with Gasteiger partial charge in [-0.15, -0.1) is 0 Å². The fourth-order valence-electron chi connectivity index (χ4n) is 2.47. The van der Waals surface area contributed by atoms with Gasteiger partial charge in [0.1, 0.15) is 0 Å². The lowest BCUT2D eigenvalue weighted by atomic mass is 10.1. The number of anilines is 2. The van der Waals surface area contributed by atoms with Crippen molar-refractivity contribution in [2.45, 2.75) is 37.0 Å². The zero-order valence-electron chi connectivity index (χ0n) is 10.3. The van der Waals surface area contributed by atoms with Crippen LogP contribution >= 0.6 is 11.8 Å². The summed E-state index contributed by atoms with van der Waals surface area (Å²) in [5.41, 5.74) is 6.46. The van der Waals surface area contributed by atoms with Crippen LogP contribution in [0.5, 0.6) is 0 Å². The van der Waals surface area contributed by atoms with Crippen molar-refractivity contribution in [3.63, 3.8) is 0 Å². The minimum absolute atomic E-state index is 0.00162. The maximum absolute atomic E-state index is 13.0. The topological polar surface area (TPSA) is 38.0 Å². The number of hydrogen-bond acceptors (Lipinski definition) is 3. The van der Waals surface area contributed by atoms with E-state index in [0.29, 0.717) is 16.6 Å². The van der Waals surface area contributed by atoms with Gasteiger partial charge in [0.15, 0.2) is 0 Å². The number of thioether (sulfide) groups is 1. The van der Waals surface area contributed by atoms with E-state index in [9.17, 15) is 8.78 Å². The van der Waals surface area contributed by atoms with Crippen LogP contribution < -0.4 is 11.1 Å². The monoisotopic (exact) mass is 272 g/mol. The van der Waals surface area contributed by atoms with E-state index in [4.69, 9.17) is 5.73 Å². The zero-order valence-corrected chi connectivity index (χ0v) is 11.1. The van der Waals surface area contributed by atoms with E-state index in [1.54, 1.807) is 23.9 Å². The Hall–Kier alpha value is -0.970. The van der Waals surface area contributed by atoms with Crippen LogP contribution in [0.3, 0.4) is 0 Å². The number of rotatable bonds is 4. The Morgan fingerprint density at radius 3 is 2.83 bits per heavy atom. The lowest BCUT2D eigenvalue weighted by Gasteiger charge is -2.22. The van der Waals surface area contributed by atoms with Gasteiger partial charge in [-0.25, -0.2) is 8.78 Å². The summed E-state index contributed by atoms with van der Waals surface area (Å²) in [5, 5.41) is 3.77. The second-order valence-electron chi connectivity index (χ2n) is 4.60. The molecule has 0 radical (unpaired) electrons. The van der Waals surface area contributed by atoms with Gasteiger partial charge in [-0.1, -0.05) is 6.42 Å². The Bertz CT molecular complexity index is 412. The molecule has 1 fully saturated rings. The summed E-state index contributed by atoms with van der Waals surface area (Å²) in [7, 11) is 0. The van der Waals surface area contributed by atoms with Crippen LogP contribution in [0.2, 0.25) is 0 Å². The van der Waals surface area contributed by atoms with Crippen LogP contribution in [0.4, 0.5) is 20.2 Å². The van der Waals surface area contributed by atoms with E-state index < -0.39 is 6.43 Å². The van der Waals surface area contributed by atoms with Crippen LogP contribution in [-0.2, 0) is 0 Å². The minimum Gasteiger partial charge on any atom is -0.399 e. The maximum atomic E-state index is 13.0. The van der Waals surface area contributed by atoms with Crippen molar-refractivity contribution in [1.29, 1.82) is 0 Å². The van der Waals surface area contributed by atoms with E-state index in [1.807, 2.05) is 0 Å². The highest BCUT2D eigenvalue weighted by Crippen LogP contribution is 2.34. The van der Waals surface area contributed by atoms with Crippen LogP contribution in [0.25, 0.3) is 0 Å². The first-order valence-electron chi connectivity index (χ1n) is 6.08. The van der Waals surface area contributed by atoms with Gasteiger partial charge in [0.2, 0.25) is 0 Å². The molecule has 2 unspecified atom stereocenters. The number of nitrogens with two attached hydrogens (primary N) is 1. The van der Waals surface area contributed by atoms with Crippen LogP contribution in [0.15, 0.2) is 18.2 Å². The molecule has 2 rings (SSSR count). The lowest BCUT2D eigenvalue weighted by molar-refractivity contribution is 0.152. The van der Waals surface area contributed by atoms with Gasteiger partial charge < -0.3 is 11.1 Å². The molecule has 2 atom stereocenters. The smallest absolute Gasteiger partial charge is 0.265 e. The van der Waals surface area contributed by atoms with Crippen LogP contribution in [-0.4, -0.2) is 17.5 Å². The Balaban J connectivity index is 2.18. The molecule has 1 aliphatic carbocycles. The van der Waals surface area contributed by atoms with Crippen molar-refractivity contribution in [3.05, 3.63) is 23.8 Å². The SMILES string of the molecule is CSC1CCCC1Nc1ccc(N)cc1C(F)F. The number of benzene rings is 1. The summed E-state index contributed by atoms with van der Waals surface area (Å²) in [6, 6.07) is 4.96. The van der Waals surface area contributed by atoms with Crippen molar-refractivity contribution in [2.75, 3.05) is 17.3 Å². The number of nitrogen functional groups attached to an aromatic ring is 1. The standard InChI is InChI=1S/C13H18F2N2S/c1-18-12-4-2-3-11(12)17-10-6-5-8(16)7-9(10)13(14)15/h5-7,11-13,17H,2-4,16H2,1H3. The van der Waals surface area contributed by atoms with Gasteiger partial charge in [0.25, 0.3) is 6.43 Å². The molecule has 0 saturated heterocycles. The molecule has 18 heavy (non-hydrogen) atoms. The minimum atomic E-state index is -2.50. The van der Waals surface area contributed by atoms with E-state index >= 15 is 0 Å². The average Bonchev–Trinajstić information content (AvgIpc) is 2.78. The third-order valence-electron chi connectivity index (χ3n) is 3.41. The molecule has 0 amide bonds. The molecule has 0 bridgehead atoms. The molecule has 1 saturated carbocycles. The molecule has 0 aromatic heterocycles. The van der Waals surface area contributed by atoms with Crippen LogP contribution in [0.1, 0.15) is 31.3 Å². The average molecular weight is 272 g/mol. The van der Waals surface area contributed by atoms with Crippen molar-refractivity contribution in [1.82, 2.24) is 0 Å².